The van der Waals surface area contributed by atoms with Gasteiger partial charge in [-0.1, -0.05) is 0 Å². The van der Waals surface area contributed by atoms with Gasteiger partial charge >= 0.3 is 0 Å². The average molecular weight is 269 g/mol. The van der Waals surface area contributed by atoms with Crippen LogP contribution in [0, 0.1) is 11.3 Å². The smallest absolute Gasteiger partial charge is 0.255 e. The normalized spacial score (nSPS) is 9.75. The SMILES string of the molecule is N#Cc1cc(N)ccc1NC(=O)c1cc(O)cc(O)c1. The van der Waals surface area contributed by atoms with E-state index < -0.39 is 5.91 Å². The Labute approximate surface area is 114 Å². The van der Waals surface area contributed by atoms with E-state index in [2.05, 4.69) is 5.32 Å². The summed E-state index contributed by atoms with van der Waals surface area (Å²) >= 11 is 0. The Hall–Kier alpha value is -3.20. The number of amides is 1. The molecular formula is C14H11N3O3. The van der Waals surface area contributed by atoms with Crippen molar-refractivity contribution in [2.45, 2.75) is 0 Å². The number of anilines is 2. The number of benzene rings is 2. The van der Waals surface area contributed by atoms with Crippen molar-refractivity contribution < 1.29 is 15.0 Å². The van der Waals surface area contributed by atoms with Crippen molar-refractivity contribution in [2.75, 3.05) is 11.1 Å². The molecule has 0 atom stereocenters. The van der Waals surface area contributed by atoms with Crippen LogP contribution in [-0.4, -0.2) is 16.1 Å². The average Bonchev–Trinajstić information content (AvgIpc) is 2.39. The molecule has 5 N–H and O–H groups in total. The number of nitriles is 1. The van der Waals surface area contributed by atoms with Crippen molar-refractivity contribution in [3.8, 4) is 17.6 Å². The van der Waals surface area contributed by atoms with Crippen LogP contribution < -0.4 is 11.1 Å². The lowest BCUT2D eigenvalue weighted by atomic mass is 10.1. The van der Waals surface area contributed by atoms with Crippen molar-refractivity contribution in [2.24, 2.45) is 0 Å². The molecular weight excluding hydrogens is 258 g/mol. The van der Waals surface area contributed by atoms with Crippen molar-refractivity contribution >= 4 is 17.3 Å². The van der Waals surface area contributed by atoms with Crippen LogP contribution in [0.15, 0.2) is 36.4 Å². The minimum Gasteiger partial charge on any atom is -0.508 e. The first-order chi connectivity index (χ1) is 9.49. The minimum absolute atomic E-state index is 0.0724. The van der Waals surface area contributed by atoms with E-state index in [4.69, 9.17) is 11.0 Å². The van der Waals surface area contributed by atoms with Crippen LogP contribution in [0.1, 0.15) is 15.9 Å². The lowest BCUT2D eigenvalue weighted by molar-refractivity contribution is 0.102. The molecule has 0 aliphatic carbocycles. The minimum atomic E-state index is -0.558. The van der Waals surface area contributed by atoms with E-state index in [0.717, 1.165) is 6.07 Å². The second-order valence-electron chi connectivity index (χ2n) is 4.11. The third-order valence-corrected chi connectivity index (χ3v) is 2.58. The maximum Gasteiger partial charge on any atom is 0.255 e. The van der Waals surface area contributed by atoms with Crippen molar-refractivity contribution in [3.63, 3.8) is 0 Å². The van der Waals surface area contributed by atoms with Gasteiger partial charge in [-0.2, -0.15) is 5.26 Å². The van der Waals surface area contributed by atoms with Gasteiger partial charge in [-0.25, -0.2) is 0 Å². The van der Waals surface area contributed by atoms with Crippen molar-refractivity contribution in [1.82, 2.24) is 0 Å². The molecule has 0 heterocycles. The van der Waals surface area contributed by atoms with E-state index in [1.54, 1.807) is 6.07 Å². The number of carbonyl (C=O) groups excluding carboxylic acids is 1. The highest BCUT2D eigenvalue weighted by atomic mass is 16.3. The summed E-state index contributed by atoms with van der Waals surface area (Å²) in [7, 11) is 0. The Bertz CT molecular complexity index is 700. The molecule has 1 amide bonds. The molecule has 6 nitrogen and oxygen atoms in total. The molecule has 0 aromatic heterocycles. The Morgan fingerprint density at radius 2 is 1.80 bits per heavy atom. The third-order valence-electron chi connectivity index (χ3n) is 2.58. The highest BCUT2D eigenvalue weighted by molar-refractivity contribution is 6.05. The lowest BCUT2D eigenvalue weighted by Gasteiger charge is -2.08. The number of phenolic OH excluding ortho intramolecular Hbond substituents is 2. The molecule has 0 aliphatic heterocycles. The summed E-state index contributed by atoms with van der Waals surface area (Å²) in [5.41, 5.74) is 6.56. The van der Waals surface area contributed by atoms with Crippen LogP contribution in [0.4, 0.5) is 11.4 Å². The summed E-state index contributed by atoms with van der Waals surface area (Å²) < 4.78 is 0. The van der Waals surface area contributed by atoms with Gasteiger partial charge in [0.05, 0.1) is 11.3 Å². The van der Waals surface area contributed by atoms with Gasteiger partial charge in [-0.15, -0.1) is 0 Å². The van der Waals surface area contributed by atoms with Crippen LogP contribution in [0.3, 0.4) is 0 Å². The monoisotopic (exact) mass is 269 g/mol. The van der Waals surface area contributed by atoms with Gasteiger partial charge in [0.2, 0.25) is 0 Å². The summed E-state index contributed by atoms with van der Waals surface area (Å²) in [5.74, 6) is -1.02. The second kappa shape index (κ2) is 5.20. The fraction of sp³-hybridized carbons (Fsp3) is 0. The van der Waals surface area contributed by atoms with Gasteiger partial charge in [0.15, 0.2) is 0 Å². The molecule has 0 saturated carbocycles. The van der Waals surface area contributed by atoms with Gasteiger partial charge in [-0.05, 0) is 30.3 Å². The topological polar surface area (TPSA) is 119 Å². The zero-order valence-corrected chi connectivity index (χ0v) is 10.3. The molecule has 0 unspecified atom stereocenters. The molecule has 2 rings (SSSR count). The summed E-state index contributed by atoms with van der Waals surface area (Å²) in [6.45, 7) is 0. The van der Waals surface area contributed by atoms with E-state index in [0.29, 0.717) is 11.4 Å². The molecule has 6 heteroatoms. The quantitative estimate of drug-likeness (QED) is 0.620. The van der Waals surface area contributed by atoms with Crippen molar-refractivity contribution in [3.05, 3.63) is 47.5 Å². The van der Waals surface area contributed by atoms with Gasteiger partial charge in [-0.3, -0.25) is 4.79 Å². The molecule has 2 aromatic rings. The zero-order valence-electron chi connectivity index (χ0n) is 10.3. The number of hydrogen-bond donors (Lipinski definition) is 4. The molecule has 0 spiro atoms. The Kier molecular flexibility index (Phi) is 3.44. The van der Waals surface area contributed by atoms with Gasteiger partial charge in [0.25, 0.3) is 5.91 Å². The number of carbonyl (C=O) groups is 1. The third kappa shape index (κ3) is 2.79. The van der Waals surface area contributed by atoms with E-state index in [9.17, 15) is 15.0 Å². The summed E-state index contributed by atoms with van der Waals surface area (Å²) in [4.78, 5) is 12.0. The Balaban J connectivity index is 2.30. The highest BCUT2D eigenvalue weighted by Crippen LogP contribution is 2.23. The predicted molar refractivity (Wildman–Crippen MR) is 73.3 cm³/mol. The first-order valence-corrected chi connectivity index (χ1v) is 5.63. The van der Waals surface area contributed by atoms with Gasteiger partial charge in [0, 0.05) is 17.3 Å². The number of nitrogen functional groups attached to an aromatic ring is 1. The molecule has 0 radical (unpaired) electrons. The number of aromatic hydroxyl groups is 2. The fourth-order valence-corrected chi connectivity index (χ4v) is 1.68. The van der Waals surface area contributed by atoms with Crippen molar-refractivity contribution in [1.29, 1.82) is 5.26 Å². The number of rotatable bonds is 2. The van der Waals surface area contributed by atoms with Gasteiger partial charge in [0.1, 0.15) is 17.6 Å². The van der Waals surface area contributed by atoms with E-state index in [1.165, 1.54) is 24.3 Å². The summed E-state index contributed by atoms with van der Waals surface area (Å²) in [6.07, 6.45) is 0. The van der Waals surface area contributed by atoms with Crippen LogP contribution in [0.5, 0.6) is 11.5 Å². The van der Waals surface area contributed by atoms with Crippen LogP contribution >= 0.6 is 0 Å². The first-order valence-electron chi connectivity index (χ1n) is 5.63. The predicted octanol–water partition coefficient (Wildman–Crippen LogP) is 1.80. The maximum atomic E-state index is 12.0. The number of nitrogens with zero attached hydrogens (tertiary/aromatic N) is 1. The molecule has 0 bridgehead atoms. The zero-order chi connectivity index (χ0) is 14.7. The molecule has 0 aliphatic rings. The molecule has 100 valence electrons. The van der Waals surface area contributed by atoms with E-state index >= 15 is 0 Å². The number of nitrogens with one attached hydrogen (secondary N) is 1. The first kappa shape index (κ1) is 13.2. The largest absolute Gasteiger partial charge is 0.508 e. The van der Waals surface area contributed by atoms with Crippen LogP contribution in [0.25, 0.3) is 0 Å². The highest BCUT2D eigenvalue weighted by Gasteiger charge is 2.11. The van der Waals surface area contributed by atoms with Crippen LogP contribution in [0.2, 0.25) is 0 Å². The Morgan fingerprint density at radius 1 is 1.15 bits per heavy atom. The second-order valence-corrected chi connectivity index (χ2v) is 4.11. The number of phenols is 2. The number of hydrogen-bond acceptors (Lipinski definition) is 5. The molecule has 0 saturated heterocycles. The van der Waals surface area contributed by atoms with E-state index in [1.807, 2.05) is 6.07 Å². The summed E-state index contributed by atoms with van der Waals surface area (Å²) in [6, 6.07) is 9.95. The maximum absolute atomic E-state index is 12.0. The molecule has 2 aromatic carbocycles. The molecule has 0 fully saturated rings. The Morgan fingerprint density at radius 3 is 2.40 bits per heavy atom. The standard InChI is InChI=1S/C14H11N3O3/c15-7-9-3-10(16)1-2-13(9)17-14(20)8-4-11(18)6-12(19)5-8/h1-6,18-19H,16H2,(H,17,20). The fourth-order valence-electron chi connectivity index (χ4n) is 1.68. The lowest BCUT2D eigenvalue weighted by Crippen LogP contribution is -2.12. The van der Waals surface area contributed by atoms with E-state index in [-0.39, 0.29) is 22.6 Å². The number of nitrogens with two attached hydrogens (primary N) is 1. The summed E-state index contributed by atoms with van der Waals surface area (Å²) in [5, 5.41) is 30.2. The van der Waals surface area contributed by atoms with Gasteiger partial charge < -0.3 is 21.3 Å². The molecule has 20 heavy (non-hydrogen) atoms. The van der Waals surface area contributed by atoms with Crippen LogP contribution in [-0.2, 0) is 0 Å².